The van der Waals surface area contributed by atoms with E-state index in [0.717, 1.165) is 12.1 Å². The molecule has 11 heteroatoms. The summed E-state index contributed by atoms with van der Waals surface area (Å²) < 4.78 is 72.3. The van der Waals surface area contributed by atoms with Gasteiger partial charge in [-0.15, -0.1) is 0 Å². The molecule has 0 atom stereocenters. The van der Waals surface area contributed by atoms with Gasteiger partial charge < -0.3 is 5.32 Å². The zero-order valence-corrected chi connectivity index (χ0v) is 19.4. The Kier molecular flexibility index (Phi) is 7.15. The van der Waals surface area contributed by atoms with Crippen LogP contribution in [0.25, 0.3) is 0 Å². The van der Waals surface area contributed by atoms with Crippen LogP contribution in [0, 0.1) is 21.0 Å². The lowest BCUT2D eigenvalue weighted by Gasteiger charge is -2.36. The third-order valence-corrected chi connectivity index (χ3v) is 7.06. The Morgan fingerprint density at radius 3 is 2.20 bits per heavy atom. The second-order valence-electron chi connectivity index (χ2n) is 7.17. The maximum Gasteiger partial charge on any atom is 0.301 e. The van der Waals surface area contributed by atoms with Crippen molar-refractivity contribution in [3.05, 3.63) is 51.4 Å². The second kappa shape index (κ2) is 9.28. The molecule has 0 radical (unpaired) electrons. The van der Waals surface area contributed by atoms with E-state index >= 15 is 0 Å². The van der Waals surface area contributed by atoms with Crippen LogP contribution in [0.1, 0.15) is 13.8 Å². The van der Waals surface area contributed by atoms with E-state index in [4.69, 9.17) is 0 Å². The molecule has 0 spiro atoms. The van der Waals surface area contributed by atoms with E-state index in [9.17, 15) is 21.6 Å². The summed E-state index contributed by atoms with van der Waals surface area (Å²) in [7, 11) is -4.01. The summed E-state index contributed by atoms with van der Waals surface area (Å²) in [6.45, 7) is 5.73. The van der Waals surface area contributed by atoms with Gasteiger partial charge in [0, 0.05) is 35.8 Å². The summed E-state index contributed by atoms with van der Waals surface area (Å²) in [6, 6.07) is 6.39. The standard InChI is InChI=1S/C19H22F3IN4O2S/c1-12(2)26-7-9-27(10-8-26)30(28,29)25-17-6-4-14(20)18(22)19(17)24-16-5-3-13(23)11-15(16)21/h3-6,11-12,24-25H,7-10H2,1-2H3. The van der Waals surface area contributed by atoms with Crippen LogP contribution in [0.5, 0.6) is 0 Å². The van der Waals surface area contributed by atoms with Gasteiger partial charge in [0.15, 0.2) is 11.6 Å². The molecule has 30 heavy (non-hydrogen) atoms. The monoisotopic (exact) mass is 554 g/mol. The Hall–Kier alpha value is -1.57. The lowest BCUT2D eigenvalue weighted by atomic mass is 10.2. The minimum atomic E-state index is -4.01. The molecule has 1 heterocycles. The summed E-state index contributed by atoms with van der Waals surface area (Å²) >= 11 is 1.92. The molecule has 1 saturated heterocycles. The molecule has 2 aromatic carbocycles. The van der Waals surface area contributed by atoms with Crippen molar-refractivity contribution in [2.24, 2.45) is 0 Å². The zero-order chi connectivity index (χ0) is 22.1. The highest BCUT2D eigenvalue weighted by molar-refractivity contribution is 14.1. The predicted molar refractivity (Wildman–Crippen MR) is 120 cm³/mol. The van der Waals surface area contributed by atoms with Gasteiger partial charge in [0.25, 0.3) is 0 Å². The third-order valence-electron chi connectivity index (χ3n) is 4.87. The number of halogens is 4. The van der Waals surface area contributed by atoms with Crippen molar-refractivity contribution in [3.8, 4) is 0 Å². The number of benzene rings is 2. The number of piperazine rings is 1. The SMILES string of the molecule is CC(C)N1CCN(S(=O)(=O)Nc2ccc(F)c(F)c2Nc2ccc(I)cc2F)CC1. The molecule has 3 rings (SSSR count). The van der Waals surface area contributed by atoms with Crippen LogP contribution in [-0.2, 0) is 10.2 Å². The molecule has 1 aliphatic heterocycles. The average molecular weight is 554 g/mol. The molecular weight excluding hydrogens is 532 g/mol. The van der Waals surface area contributed by atoms with Crippen molar-refractivity contribution >= 4 is 49.9 Å². The molecule has 0 unspecified atom stereocenters. The highest BCUT2D eigenvalue weighted by atomic mass is 127. The van der Waals surface area contributed by atoms with Gasteiger partial charge in [0.1, 0.15) is 11.5 Å². The number of anilines is 3. The molecule has 164 valence electrons. The summed E-state index contributed by atoms with van der Waals surface area (Å²) in [5.74, 6) is -3.17. The zero-order valence-electron chi connectivity index (χ0n) is 16.4. The first-order valence-electron chi connectivity index (χ1n) is 9.30. The van der Waals surface area contributed by atoms with Crippen LogP contribution in [0.2, 0.25) is 0 Å². The molecule has 0 aromatic heterocycles. The number of hydrogen-bond donors (Lipinski definition) is 2. The van der Waals surface area contributed by atoms with Gasteiger partial charge >= 0.3 is 10.2 Å². The van der Waals surface area contributed by atoms with Gasteiger partial charge in [-0.25, -0.2) is 13.2 Å². The first-order chi connectivity index (χ1) is 14.1. The van der Waals surface area contributed by atoms with Crippen LogP contribution < -0.4 is 10.0 Å². The maximum atomic E-state index is 14.5. The van der Waals surface area contributed by atoms with Crippen molar-refractivity contribution in [2.75, 3.05) is 36.2 Å². The minimum absolute atomic E-state index is 0.106. The van der Waals surface area contributed by atoms with Gasteiger partial charge in [-0.2, -0.15) is 12.7 Å². The van der Waals surface area contributed by atoms with Gasteiger partial charge in [0.2, 0.25) is 0 Å². The molecule has 6 nitrogen and oxygen atoms in total. The Labute approximate surface area is 187 Å². The maximum absolute atomic E-state index is 14.5. The van der Waals surface area contributed by atoms with E-state index in [1.54, 1.807) is 6.07 Å². The van der Waals surface area contributed by atoms with Crippen LogP contribution in [0.3, 0.4) is 0 Å². The van der Waals surface area contributed by atoms with Gasteiger partial charge in [-0.3, -0.25) is 9.62 Å². The lowest BCUT2D eigenvalue weighted by molar-refractivity contribution is 0.154. The predicted octanol–water partition coefficient (Wildman–Crippen LogP) is 4.13. The summed E-state index contributed by atoms with van der Waals surface area (Å²) in [6.07, 6.45) is 0. The fourth-order valence-electron chi connectivity index (χ4n) is 3.15. The number of hydrogen-bond acceptors (Lipinski definition) is 4. The third kappa shape index (κ3) is 5.18. The smallest absolute Gasteiger partial charge is 0.301 e. The molecule has 0 amide bonds. The Morgan fingerprint density at radius 1 is 0.967 bits per heavy atom. The topological polar surface area (TPSA) is 64.7 Å². The Morgan fingerprint density at radius 2 is 1.60 bits per heavy atom. The van der Waals surface area contributed by atoms with E-state index in [-0.39, 0.29) is 24.5 Å². The minimum Gasteiger partial charge on any atom is -0.349 e. The molecule has 1 fully saturated rings. The largest absolute Gasteiger partial charge is 0.349 e. The fraction of sp³-hybridized carbons (Fsp3) is 0.368. The van der Waals surface area contributed by atoms with Gasteiger partial charge in [-0.1, -0.05) is 0 Å². The summed E-state index contributed by atoms with van der Waals surface area (Å²) in [5.41, 5.74) is -0.802. The molecule has 0 bridgehead atoms. The quantitative estimate of drug-likeness (QED) is 0.528. The van der Waals surface area contributed by atoms with Crippen molar-refractivity contribution in [2.45, 2.75) is 19.9 Å². The van der Waals surface area contributed by atoms with E-state index in [2.05, 4.69) is 14.9 Å². The average Bonchev–Trinajstić information content (AvgIpc) is 2.69. The summed E-state index contributed by atoms with van der Waals surface area (Å²) in [4.78, 5) is 2.15. The van der Waals surface area contributed by atoms with Crippen molar-refractivity contribution < 1.29 is 21.6 Å². The van der Waals surface area contributed by atoms with Crippen molar-refractivity contribution in [1.82, 2.24) is 9.21 Å². The van der Waals surface area contributed by atoms with Crippen LogP contribution in [-0.4, -0.2) is 49.8 Å². The summed E-state index contributed by atoms with van der Waals surface area (Å²) in [5, 5.41) is 2.48. The van der Waals surface area contributed by atoms with Gasteiger partial charge in [-0.05, 0) is 66.8 Å². The first kappa shape index (κ1) is 23.1. The van der Waals surface area contributed by atoms with Crippen LogP contribution in [0.4, 0.5) is 30.2 Å². The van der Waals surface area contributed by atoms with E-state index in [1.807, 2.05) is 36.4 Å². The molecule has 2 N–H and O–H groups in total. The van der Waals surface area contributed by atoms with E-state index in [1.165, 1.54) is 16.4 Å². The van der Waals surface area contributed by atoms with E-state index < -0.39 is 33.3 Å². The number of nitrogens with one attached hydrogen (secondary N) is 2. The van der Waals surface area contributed by atoms with Crippen molar-refractivity contribution in [1.29, 1.82) is 0 Å². The lowest BCUT2D eigenvalue weighted by Crippen LogP contribution is -2.51. The molecule has 0 aliphatic carbocycles. The normalized spacial score (nSPS) is 16.1. The molecule has 0 saturated carbocycles. The van der Waals surface area contributed by atoms with E-state index in [0.29, 0.717) is 22.7 Å². The number of nitrogens with zero attached hydrogens (tertiary/aromatic N) is 2. The highest BCUT2D eigenvalue weighted by Crippen LogP contribution is 2.32. The number of rotatable bonds is 6. The van der Waals surface area contributed by atoms with Crippen LogP contribution >= 0.6 is 22.6 Å². The Balaban J connectivity index is 1.86. The van der Waals surface area contributed by atoms with Crippen molar-refractivity contribution in [3.63, 3.8) is 0 Å². The van der Waals surface area contributed by atoms with Crippen LogP contribution in [0.15, 0.2) is 30.3 Å². The molecule has 1 aliphatic rings. The van der Waals surface area contributed by atoms with Gasteiger partial charge in [0.05, 0.1) is 11.4 Å². The molecule has 2 aromatic rings. The Bertz CT molecular complexity index is 1030. The molecular formula is C19H22F3IN4O2S. The fourth-order valence-corrected chi connectivity index (χ4v) is 4.82. The second-order valence-corrected chi connectivity index (χ2v) is 10.1. The first-order valence-corrected chi connectivity index (χ1v) is 11.8. The highest BCUT2D eigenvalue weighted by Gasteiger charge is 2.29.